The highest BCUT2D eigenvalue weighted by Crippen LogP contribution is 2.45. The number of aromatic amines is 1. The zero-order chi connectivity index (χ0) is 19.4. The fraction of sp³-hybridized carbons (Fsp3) is 0.565. The Morgan fingerprint density at radius 1 is 1.24 bits per heavy atom. The summed E-state index contributed by atoms with van der Waals surface area (Å²) in [5, 5.41) is 7.29. The summed E-state index contributed by atoms with van der Waals surface area (Å²) in [4.78, 5) is 18.3. The number of nitrogens with zero attached hydrogens (tertiary/aromatic N) is 3. The fourth-order valence-corrected chi connectivity index (χ4v) is 6.34. The predicted molar refractivity (Wildman–Crippen MR) is 109 cm³/mol. The minimum atomic E-state index is 0.0499. The van der Waals surface area contributed by atoms with Crippen molar-refractivity contribution in [3.8, 4) is 11.5 Å². The number of fused-ring (bicyclic) bond motifs is 6. The normalized spacial score (nSPS) is 31.7. The first kappa shape index (κ1) is 17.5. The van der Waals surface area contributed by atoms with Crippen LogP contribution < -0.4 is 0 Å². The summed E-state index contributed by atoms with van der Waals surface area (Å²) in [5.74, 6) is 2.00. The molecule has 0 aromatic carbocycles. The highest BCUT2D eigenvalue weighted by Gasteiger charge is 2.47. The number of hydrogen-bond acceptors (Lipinski definition) is 4. The predicted octanol–water partition coefficient (Wildman–Crippen LogP) is 3.70. The lowest BCUT2D eigenvalue weighted by Crippen LogP contribution is -2.60. The Bertz CT molecular complexity index is 931. The van der Waals surface area contributed by atoms with Crippen LogP contribution in [-0.4, -0.2) is 57.6 Å². The standard InChI is InChI=1S/C23H28N4O2/c28-23(19-13-18(24-25-19)21-7-4-10-29-21)27-9-3-5-15-11-16-12-17(22(15)27)14-26-8-2-1-6-20(16)26/h4,7,10-11,13,16-17,20,22H,1-3,5-6,8-9,12,14H2,(H,24,25)/t16?,17?,20-,22-/m1/s1. The zero-order valence-corrected chi connectivity index (χ0v) is 16.7. The molecule has 2 bridgehead atoms. The van der Waals surface area contributed by atoms with Crippen molar-refractivity contribution in [3.05, 3.63) is 41.8 Å². The molecule has 6 nitrogen and oxygen atoms in total. The van der Waals surface area contributed by atoms with E-state index in [1.54, 1.807) is 6.26 Å². The van der Waals surface area contributed by atoms with Crippen LogP contribution in [0.2, 0.25) is 0 Å². The van der Waals surface area contributed by atoms with E-state index in [1.807, 2.05) is 18.2 Å². The Hall–Kier alpha value is -2.34. The number of likely N-dealkylation sites (tertiary alicyclic amines) is 1. The Balaban J connectivity index is 1.29. The van der Waals surface area contributed by atoms with Crippen molar-refractivity contribution in [2.24, 2.45) is 11.8 Å². The van der Waals surface area contributed by atoms with E-state index < -0.39 is 0 Å². The molecule has 3 aliphatic heterocycles. The maximum Gasteiger partial charge on any atom is 0.274 e. The number of aromatic nitrogens is 2. The first-order valence-electron chi connectivity index (χ1n) is 11.1. The van der Waals surface area contributed by atoms with Gasteiger partial charge in [-0.15, -0.1) is 0 Å². The topological polar surface area (TPSA) is 65.4 Å². The van der Waals surface area contributed by atoms with Crippen LogP contribution in [0.15, 0.2) is 40.5 Å². The number of furan rings is 1. The van der Waals surface area contributed by atoms with Crippen LogP contribution in [0.1, 0.15) is 49.0 Å². The van der Waals surface area contributed by atoms with Crippen molar-refractivity contribution in [1.29, 1.82) is 0 Å². The van der Waals surface area contributed by atoms with E-state index in [2.05, 4.69) is 26.1 Å². The van der Waals surface area contributed by atoms with E-state index in [-0.39, 0.29) is 11.9 Å². The largest absolute Gasteiger partial charge is 0.463 e. The number of carbonyl (C=O) groups excluding carboxylic acids is 1. The molecule has 5 heterocycles. The molecule has 29 heavy (non-hydrogen) atoms. The summed E-state index contributed by atoms with van der Waals surface area (Å²) in [6.45, 7) is 3.20. The smallest absolute Gasteiger partial charge is 0.274 e. The van der Waals surface area contributed by atoms with Crippen LogP contribution in [0, 0.1) is 11.8 Å². The highest BCUT2D eigenvalue weighted by atomic mass is 16.3. The molecular weight excluding hydrogens is 364 g/mol. The third kappa shape index (κ3) is 2.88. The van der Waals surface area contributed by atoms with Crippen molar-refractivity contribution in [1.82, 2.24) is 20.0 Å². The zero-order valence-electron chi connectivity index (χ0n) is 16.7. The molecule has 152 valence electrons. The minimum Gasteiger partial charge on any atom is -0.463 e. The lowest BCUT2D eigenvalue weighted by molar-refractivity contribution is 0.00131. The molecule has 2 aromatic rings. The van der Waals surface area contributed by atoms with Gasteiger partial charge in [-0.2, -0.15) is 5.10 Å². The van der Waals surface area contributed by atoms with Crippen LogP contribution in [-0.2, 0) is 0 Å². The molecule has 1 amide bonds. The maximum atomic E-state index is 13.5. The van der Waals surface area contributed by atoms with Crippen molar-refractivity contribution in [2.75, 3.05) is 19.6 Å². The SMILES string of the molecule is O=C(c1cc(-c2ccco2)[nH]n1)N1CCCC2=CC3CC(CN4CCCC[C@H]34)[C@@H]21. The van der Waals surface area contributed by atoms with Crippen molar-refractivity contribution in [3.63, 3.8) is 0 Å². The van der Waals surface area contributed by atoms with Gasteiger partial charge in [-0.1, -0.05) is 18.1 Å². The molecule has 6 rings (SSSR count). The van der Waals surface area contributed by atoms with Crippen LogP contribution in [0.4, 0.5) is 0 Å². The Morgan fingerprint density at radius 2 is 2.21 bits per heavy atom. The second kappa shape index (κ2) is 6.87. The first-order valence-corrected chi connectivity index (χ1v) is 11.1. The number of hydrogen-bond donors (Lipinski definition) is 1. The van der Waals surface area contributed by atoms with Gasteiger partial charge in [0.15, 0.2) is 11.5 Å². The summed E-state index contributed by atoms with van der Waals surface area (Å²) in [5.41, 5.74) is 2.76. The molecule has 2 unspecified atom stereocenters. The molecule has 2 aromatic heterocycles. The number of amides is 1. The van der Waals surface area contributed by atoms with Crippen LogP contribution >= 0.6 is 0 Å². The van der Waals surface area contributed by atoms with Crippen LogP contribution in [0.5, 0.6) is 0 Å². The molecule has 0 saturated carbocycles. The molecule has 3 fully saturated rings. The quantitative estimate of drug-likeness (QED) is 0.792. The number of piperidine rings is 3. The van der Waals surface area contributed by atoms with Gasteiger partial charge in [-0.05, 0) is 62.6 Å². The van der Waals surface area contributed by atoms with E-state index in [9.17, 15) is 4.79 Å². The minimum absolute atomic E-state index is 0.0499. The van der Waals surface area contributed by atoms with Crippen molar-refractivity contribution in [2.45, 2.75) is 50.6 Å². The van der Waals surface area contributed by atoms with Crippen LogP contribution in [0.3, 0.4) is 0 Å². The summed E-state index contributed by atoms with van der Waals surface area (Å²) < 4.78 is 5.44. The van der Waals surface area contributed by atoms with Gasteiger partial charge in [0, 0.05) is 25.2 Å². The van der Waals surface area contributed by atoms with Gasteiger partial charge < -0.3 is 9.32 Å². The molecule has 0 spiro atoms. The second-order valence-electron chi connectivity index (χ2n) is 9.15. The number of nitrogens with one attached hydrogen (secondary N) is 1. The van der Waals surface area contributed by atoms with Crippen molar-refractivity contribution < 1.29 is 9.21 Å². The van der Waals surface area contributed by atoms with E-state index in [0.717, 1.165) is 37.7 Å². The maximum absolute atomic E-state index is 13.5. The van der Waals surface area contributed by atoms with Gasteiger partial charge in [-0.3, -0.25) is 14.8 Å². The number of H-pyrrole nitrogens is 1. The van der Waals surface area contributed by atoms with Gasteiger partial charge in [0.25, 0.3) is 5.91 Å². The second-order valence-corrected chi connectivity index (χ2v) is 9.15. The molecule has 1 aliphatic carbocycles. The van der Waals surface area contributed by atoms with E-state index >= 15 is 0 Å². The Morgan fingerprint density at radius 3 is 3.10 bits per heavy atom. The van der Waals surface area contributed by atoms with Gasteiger partial charge in [0.1, 0.15) is 5.69 Å². The lowest BCUT2D eigenvalue weighted by atomic mass is 9.68. The van der Waals surface area contributed by atoms with Gasteiger partial charge in [-0.25, -0.2) is 0 Å². The Labute approximate surface area is 170 Å². The number of carbonyl (C=O) groups is 1. The van der Waals surface area contributed by atoms with Gasteiger partial charge in [0.05, 0.1) is 12.3 Å². The van der Waals surface area contributed by atoms with E-state index in [1.165, 1.54) is 37.8 Å². The summed E-state index contributed by atoms with van der Waals surface area (Å²) in [6, 6.07) is 6.53. The fourth-order valence-electron chi connectivity index (χ4n) is 6.34. The Kier molecular flexibility index (Phi) is 4.15. The molecule has 4 atom stereocenters. The number of rotatable bonds is 2. The molecule has 0 radical (unpaired) electrons. The third-order valence-corrected chi connectivity index (χ3v) is 7.50. The average molecular weight is 393 g/mol. The summed E-state index contributed by atoms with van der Waals surface area (Å²) >= 11 is 0. The molecule has 3 saturated heterocycles. The van der Waals surface area contributed by atoms with Crippen LogP contribution in [0.25, 0.3) is 11.5 Å². The molecule has 4 aliphatic rings. The third-order valence-electron chi connectivity index (χ3n) is 7.50. The summed E-state index contributed by atoms with van der Waals surface area (Å²) in [6.07, 6.45) is 11.7. The van der Waals surface area contributed by atoms with E-state index in [0.29, 0.717) is 23.3 Å². The van der Waals surface area contributed by atoms with Gasteiger partial charge in [0.2, 0.25) is 0 Å². The van der Waals surface area contributed by atoms with Crippen molar-refractivity contribution >= 4 is 5.91 Å². The van der Waals surface area contributed by atoms with Gasteiger partial charge >= 0.3 is 0 Å². The van der Waals surface area contributed by atoms with E-state index in [4.69, 9.17) is 4.42 Å². The first-order chi connectivity index (χ1) is 14.3. The molecule has 6 heteroatoms. The monoisotopic (exact) mass is 392 g/mol. The lowest BCUT2D eigenvalue weighted by Gasteiger charge is -2.54. The summed E-state index contributed by atoms with van der Waals surface area (Å²) in [7, 11) is 0. The molecule has 1 N–H and O–H groups in total. The highest BCUT2D eigenvalue weighted by molar-refractivity contribution is 5.93. The molecular formula is C23H28N4O2. The average Bonchev–Trinajstić information content (AvgIpc) is 3.45.